The van der Waals surface area contributed by atoms with Gasteiger partial charge in [0, 0.05) is 12.0 Å². The van der Waals surface area contributed by atoms with E-state index in [2.05, 4.69) is 0 Å². The summed E-state index contributed by atoms with van der Waals surface area (Å²) in [5, 5.41) is 10.2. The van der Waals surface area contributed by atoms with E-state index in [1.165, 1.54) is 0 Å². The lowest BCUT2D eigenvalue weighted by molar-refractivity contribution is 0.0652. The van der Waals surface area contributed by atoms with Crippen LogP contribution in [0.2, 0.25) is 0 Å². The fraction of sp³-hybridized carbons (Fsp3) is 0.250. The second-order valence-electron chi connectivity index (χ2n) is 5.20. The predicted molar refractivity (Wildman–Crippen MR) is 70.4 cm³/mol. The lowest BCUT2D eigenvalue weighted by Gasteiger charge is -2.30. The highest BCUT2D eigenvalue weighted by molar-refractivity contribution is 5.41. The van der Waals surface area contributed by atoms with Gasteiger partial charge in [0.15, 0.2) is 17.5 Å². The Morgan fingerprint density at radius 1 is 1.10 bits per heavy atom. The van der Waals surface area contributed by atoms with Crippen molar-refractivity contribution in [3.8, 4) is 5.75 Å². The van der Waals surface area contributed by atoms with Crippen molar-refractivity contribution in [3.63, 3.8) is 0 Å². The zero-order valence-corrected chi connectivity index (χ0v) is 11.2. The number of rotatable bonds is 1. The zero-order chi connectivity index (χ0) is 15.1. The molecule has 0 bridgehead atoms. The van der Waals surface area contributed by atoms with E-state index < -0.39 is 29.7 Å². The molecule has 0 spiro atoms. The zero-order valence-electron chi connectivity index (χ0n) is 11.2. The van der Waals surface area contributed by atoms with Crippen molar-refractivity contribution >= 4 is 0 Å². The number of fused-ring (bicyclic) bond motifs is 1. The second kappa shape index (κ2) is 5.07. The molecule has 1 unspecified atom stereocenters. The van der Waals surface area contributed by atoms with Crippen LogP contribution in [0.15, 0.2) is 30.3 Å². The summed E-state index contributed by atoms with van der Waals surface area (Å²) < 4.78 is 45.3. The van der Waals surface area contributed by atoms with E-state index in [1.807, 2.05) is 19.1 Å². The Kier molecular flexibility index (Phi) is 3.37. The number of aliphatic hydroxyl groups is 1. The third-order valence-electron chi connectivity index (χ3n) is 3.61. The van der Waals surface area contributed by atoms with E-state index >= 15 is 0 Å². The molecule has 0 fully saturated rings. The third kappa shape index (κ3) is 2.49. The van der Waals surface area contributed by atoms with E-state index in [1.54, 1.807) is 6.07 Å². The lowest BCUT2D eigenvalue weighted by atomic mass is 9.94. The smallest absolute Gasteiger partial charge is 0.194 e. The van der Waals surface area contributed by atoms with Gasteiger partial charge in [0.2, 0.25) is 0 Å². The van der Waals surface area contributed by atoms with Gasteiger partial charge in [-0.15, -0.1) is 0 Å². The fourth-order valence-corrected chi connectivity index (χ4v) is 2.53. The first kappa shape index (κ1) is 13.9. The highest BCUT2D eigenvalue weighted by Crippen LogP contribution is 2.41. The summed E-state index contributed by atoms with van der Waals surface area (Å²) in [6.45, 7) is 1.89. The molecular weight excluding hydrogens is 281 g/mol. The molecule has 2 nitrogen and oxygen atoms in total. The largest absolute Gasteiger partial charge is 0.485 e. The Bertz CT molecular complexity index is 677. The van der Waals surface area contributed by atoms with Gasteiger partial charge < -0.3 is 9.84 Å². The van der Waals surface area contributed by atoms with Gasteiger partial charge in [-0.3, -0.25) is 0 Å². The number of aliphatic hydroxyl groups excluding tert-OH is 1. The summed E-state index contributed by atoms with van der Waals surface area (Å²) in [4.78, 5) is 0. The molecular formula is C16H13F3O2. The number of hydrogen-bond donors (Lipinski definition) is 1. The van der Waals surface area contributed by atoms with Gasteiger partial charge in [-0.1, -0.05) is 11.6 Å². The summed E-state index contributed by atoms with van der Waals surface area (Å²) in [5.41, 5.74) is 1.79. The average Bonchev–Trinajstić information content (AvgIpc) is 2.44. The quantitative estimate of drug-likeness (QED) is 0.806. The first-order valence-electron chi connectivity index (χ1n) is 6.55. The SMILES string of the molecule is Cc1ccc2c(c1)[C@@H](O)CC(c1cc(F)c(F)c(F)c1)O2. The van der Waals surface area contributed by atoms with E-state index in [9.17, 15) is 18.3 Å². The molecule has 1 aliphatic rings. The van der Waals surface area contributed by atoms with E-state index in [0.29, 0.717) is 11.3 Å². The second-order valence-corrected chi connectivity index (χ2v) is 5.20. The molecule has 0 radical (unpaired) electrons. The van der Waals surface area contributed by atoms with Gasteiger partial charge in [-0.2, -0.15) is 0 Å². The van der Waals surface area contributed by atoms with Crippen molar-refractivity contribution in [2.75, 3.05) is 0 Å². The van der Waals surface area contributed by atoms with Crippen molar-refractivity contribution in [2.45, 2.75) is 25.6 Å². The summed E-state index contributed by atoms with van der Waals surface area (Å²) >= 11 is 0. The number of halogens is 3. The van der Waals surface area contributed by atoms with Crippen LogP contribution < -0.4 is 4.74 Å². The molecule has 1 heterocycles. The Labute approximate surface area is 119 Å². The Balaban J connectivity index is 1.98. The van der Waals surface area contributed by atoms with Crippen LogP contribution in [0.3, 0.4) is 0 Å². The molecule has 5 heteroatoms. The predicted octanol–water partition coefficient (Wildman–Crippen LogP) is 3.97. The van der Waals surface area contributed by atoms with Crippen LogP contribution in [-0.4, -0.2) is 5.11 Å². The summed E-state index contributed by atoms with van der Waals surface area (Å²) in [6.07, 6.45) is -1.37. The molecule has 110 valence electrons. The Hall–Kier alpha value is -2.01. The molecule has 2 aromatic rings. The molecule has 0 aliphatic carbocycles. The van der Waals surface area contributed by atoms with Crippen LogP contribution >= 0.6 is 0 Å². The topological polar surface area (TPSA) is 29.5 Å². The molecule has 0 aromatic heterocycles. The number of ether oxygens (including phenoxy) is 1. The Morgan fingerprint density at radius 3 is 2.43 bits per heavy atom. The van der Waals surface area contributed by atoms with E-state index in [0.717, 1.165) is 17.7 Å². The standard InChI is InChI=1S/C16H13F3O2/c1-8-2-3-14-10(4-8)13(20)7-15(21-14)9-5-11(17)16(19)12(18)6-9/h2-6,13,15,20H,7H2,1H3/t13-,15?/m0/s1. The number of benzene rings is 2. The summed E-state index contributed by atoms with van der Waals surface area (Å²) in [6, 6.07) is 7.13. The van der Waals surface area contributed by atoms with Crippen molar-refractivity contribution in [1.29, 1.82) is 0 Å². The maximum atomic E-state index is 13.3. The van der Waals surface area contributed by atoms with Gasteiger partial charge in [0.25, 0.3) is 0 Å². The molecule has 0 saturated heterocycles. The summed E-state index contributed by atoms with van der Waals surface area (Å²) in [5.74, 6) is -3.57. The van der Waals surface area contributed by atoms with Crippen LogP contribution in [0.25, 0.3) is 0 Å². The van der Waals surface area contributed by atoms with E-state index in [4.69, 9.17) is 4.74 Å². The highest BCUT2D eigenvalue weighted by atomic mass is 19.2. The number of aryl methyl sites for hydroxylation is 1. The van der Waals surface area contributed by atoms with Crippen LogP contribution in [-0.2, 0) is 0 Å². The molecule has 1 aliphatic heterocycles. The van der Waals surface area contributed by atoms with Gasteiger partial charge in [-0.25, -0.2) is 13.2 Å². The minimum atomic E-state index is -1.51. The van der Waals surface area contributed by atoms with Gasteiger partial charge in [0.1, 0.15) is 11.9 Å². The first-order valence-corrected chi connectivity index (χ1v) is 6.55. The van der Waals surface area contributed by atoms with Crippen LogP contribution in [0.1, 0.15) is 35.3 Å². The highest BCUT2D eigenvalue weighted by Gasteiger charge is 2.29. The van der Waals surface area contributed by atoms with Crippen molar-refractivity contribution < 1.29 is 23.0 Å². The molecule has 1 N–H and O–H groups in total. The maximum absolute atomic E-state index is 13.3. The van der Waals surface area contributed by atoms with Gasteiger partial charge >= 0.3 is 0 Å². The minimum Gasteiger partial charge on any atom is -0.485 e. The fourth-order valence-electron chi connectivity index (χ4n) is 2.53. The van der Waals surface area contributed by atoms with Crippen LogP contribution in [0.4, 0.5) is 13.2 Å². The minimum absolute atomic E-state index is 0.154. The third-order valence-corrected chi connectivity index (χ3v) is 3.61. The van der Waals surface area contributed by atoms with Crippen molar-refractivity contribution in [3.05, 3.63) is 64.5 Å². The molecule has 2 atom stereocenters. The van der Waals surface area contributed by atoms with E-state index in [-0.39, 0.29) is 12.0 Å². The van der Waals surface area contributed by atoms with Crippen molar-refractivity contribution in [2.24, 2.45) is 0 Å². The monoisotopic (exact) mass is 294 g/mol. The number of hydrogen-bond acceptors (Lipinski definition) is 2. The maximum Gasteiger partial charge on any atom is 0.194 e. The van der Waals surface area contributed by atoms with Gasteiger partial charge in [0.05, 0.1) is 6.10 Å². The summed E-state index contributed by atoms with van der Waals surface area (Å²) in [7, 11) is 0. The van der Waals surface area contributed by atoms with Gasteiger partial charge in [-0.05, 0) is 36.8 Å². The average molecular weight is 294 g/mol. The molecule has 21 heavy (non-hydrogen) atoms. The molecule has 0 saturated carbocycles. The molecule has 0 amide bonds. The Morgan fingerprint density at radius 2 is 1.76 bits per heavy atom. The van der Waals surface area contributed by atoms with Crippen LogP contribution in [0.5, 0.6) is 5.75 Å². The van der Waals surface area contributed by atoms with Crippen LogP contribution in [0, 0.1) is 24.4 Å². The lowest BCUT2D eigenvalue weighted by Crippen LogP contribution is -2.19. The normalized spacial score (nSPS) is 20.8. The van der Waals surface area contributed by atoms with Crippen molar-refractivity contribution in [1.82, 2.24) is 0 Å². The first-order chi connectivity index (χ1) is 9.95. The molecule has 3 rings (SSSR count). The molecule has 2 aromatic carbocycles.